The third-order valence-electron chi connectivity index (χ3n) is 11.5. The fourth-order valence-electron chi connectivity index (χ4n) is 9.76. The van der Waals surface area contributed by atoms with E-state index in [0.29, 0.717) is 11.3 Å². The molecule has 1 aromatic heterocycles. The van der Waals surface area contributed by atoms with Gasteiger partial charge in [0.1, 0.15) is 11.9 Å². The van der Waals surface area contributed by atoms with Crippen LogP contribution in [0.2, 0.25) is 0 Å². The van der Waals surface area contributed by atoms with Gasteiger partial charge >= 0.3 is 5.97 Å². The first-order valence-corrected chi connectivity index (χ1v) is 14.5. The number of hydrogen-bond donors (Lipinski definition) is 0. The SMILES string of the molecule is CC(=O)O[C@H]1/C(=C/c2ccco2)C[C@H]2[C@@H]3CC[C@H]4C[C@@H](N5CCCCC5)CC[C@]4(C)[C@H]3CC[C@]12C. The maximum Gasteiger partial charge on any atom is 0.303 e. The second-order valence-electron chi connectivity index (χ2n) is 13.2. The molecule has 35 heavy (non-hydrogen) atoms. The van der Waals surface area contributed by atoms with Crippen molar-refractivity contribution in [1.82, 2.24) is 4.90 Å². The van der Waals surface area contributed by atoms with Crippen LogP contribution in [-0.4, -0.2) is 36.1 Å². The van der Waals surface area contributed by atoms with E-state index in [1.807, 2.05) is 12.1 Å². The van der Waals surface area contributed by atoms with Crippen LogP contribution in [0.1, 0.15) is 97.2 Å². The lowest BCUT2D eigenvalue weighted by Gasteiger charge is -2.61. The van der Waals surface area contributed by atoms with Crippen LogP contribution in [-0.2, 0) is 9.53 Å². The summed E-state index contributed by atoms with van der Waals surface area (Å²) in [5.41, 5.74) is 1.80. The van der Waals surface area contributed by atoms with Crippen molar-refractivity contribution in [3.8, 4) is 0 Å². The van der Waals surface area contributed by atoms with Crippen molar-refractivity contribution in [1.29, 1.82) is 0 Å². The van der Waals surface area contributed by atoms with Gasteiger partial charge in [0.2, 0.25) is 0 Å². The number of rotatable bonds is 3. The number of carbonyl (C=O) groups is 1. The largest absolute Gasteiger partial charge is 0.465 e. The lowest BCUT2D eigenvalue weighted by atomic mass is 9.45. The zero-order valence-corrected chi connectivity index (χ0v) is 22.1. The summed E-state index contributed by atoms with van der Waals surface area (Å²) in [6.07, 6.45) is 18.5. The second-order valence-corrected chi connectivity index (χ2v) is 13.2. The first kappa shape index (κ1) is 23.8. The van der Waals surface area contributed by atoms with Crippen molar-refractivity contribution < 1.29 is 13.9 Å². The highest BCUT2D eigenvalue weighted by Gasteiger charge is 2.62. The zero-order valence-electron chi connectivity index (χ0n) is 22.1. The molecule has 5 fully saturated rings. The monoisotopic (exact) mass is 479 g/mol. The molecule has 6 rings (SSSR count). The second kappa shape index (κ2) is 9.08. The lowest BCUT2D eigenvalue weighted by molar-refractivity contribution is -0.160. The maximum absolute atomic E-state index is 12.2. The van der Waals surface area contributed by atoms with Gasteiger partial charge in [0.25, 0.3) is 0 Å². The highest BCUT2D eigenvalue weighted by molar-refractivity contribution is 5.67. The summed E-state index contributed by atoms with van der Waals surface area (Å²) in [6, 6.07) is 4.79. The Morgan fingerprint density at radius 3 is 2.60 bits per heavy atom. The van der Waals surface area contributed by atoms with E-state index in [4.69, 9.17) is 9.15 Å². The van der Waals surface area contributed by atoms with Crippen molar-refractivity contribution in [2.45, 2.75) is 104 Å². The molecule has 4 heteroatoms. The van der Waals surface area contributed by atoms with Gasteiger partial charge in [0.15, 0.2) is 0 Å². The average molecular weight is 480 g/mol. The first-order chi connectivity index (χ1) is 16.9. The van der Waals surface area contributed by atoms with E-state index in [0.717, 1.165) is 36.0 Å². The summed E-state index contributed by atoms with van der Waals surface area (Å²) in [7, 11) is 0. The molecule has 0 N–H and O–H groups in total. The summed E-state index contributed by atoms with van der Waals surface area (Å²) >= 11 is 0. The Morgan fingerprint density at radius 2 is 1.86 bits per heavy atom. The van der Waals surface area contributed by atoms with Crippen LogP contribution >= 0.6 is 0 Å². The molecule has 4 nitrogen and oxygen atoms in total. The third-order valence-corrected chi connectivity index (χ3v) is 11.5. The summed E-state index contributed by atoms with van der Waals surface area (Å²) in [5, 5.41) is 0. The standard InChI is InChI=1S/C31H45NO3/c1-21(33)35-29-22(18-25-8-7-17-34-25)19-28-26-10-9-23-20-24(32-15-5-4-6-16-32)11-13-30(23,2)27(26)12-14-31(28,29)3/h7-8,17-18,23-24,26-29H,4-6,9-16,19-20H2,1-3H3/b22-18+/t23-,24-,26+,27-,28-,29-,30-,31-/m0/s1. The van der Waals surface area contributed by atoms with Crippen LogP contribution in [0, 0.1) is 34.5 Å². The van der Waals surface area contributed by atoms with Gasteiger partial charge in [-0.15, -0.1) is 0 Å². The number of furan rings is 1. The van der Waals surface area contributed by atoms with Gasteiger partial charge in [-0.2, -0.15) is 0 Å². The minimum Gasteiger partial charge on any atom is -0.465 e. The molecule has 0 bridgehead atoms. The molecular weight excluding hydrogens is 434 g/mol. The summed E-state index contributed by atoms with van der Waals surface area (Å²) in [5.74, 6) is 3.78. The Hall–Kier alpha value is -1.55. The Morgan fingerprint density at radius 1 is 1.06 bits per heavy atom. The molecule has 0 aromatic carbocycles. The number of fused-ring (bicyclic) bond motifs is 5. The van der Waals surface area contributed by atoms with E-state index >= 15 is 0 Å². The van der Waals surface area contributed by atoms with Crippen LogP contribution in [0.5, 0.6) is 0 Å². The van der Waals surface area contributed by atoms with E-state index < -0.39 is 0 Å². The molecule has 0 spiro atoms. The molecule has 1 saturated heterocycles. The topological polar surface area (TPSA) is 42.7 Å². The van der Waals surface area contributed by atoms with Crippen molar-refractivity contribution in [2.75, 3.05) is 13.1 Å². The normalized spacial score (nSPS) is 44.9. The van der Waals surface area contributed by atoms with Gasteiger partial charge in [-0.25, -0.2) is 0 Å². The van der Waals surface area contributed by atoms with E-state index in [2.05, 4.69) is 24.8 Å². The number of piperidine rings is 1. The molecule has 0 unspecified atom stereocenters. The van der Waals surface area contributed by atoms with E-state index in [1.165, 1.54) is 82.9 Å². The lowest BCUT2D eigenvalue weighted by Crippen LogP contribution is -2.56. The number of nitrogens with zero attached hydrogens (tertiary/aromatic N) is 1. The summed E-state index contributed by atoms with van der Waals surface area (Å²) < 4.78 is 11.8. The van der Waals surface area contributed by atoms with Crippen molar-refractivity contribution in [3.05, 3.63) is 29.7 Å². The molecule has 1 aromatic rings. The molecule has 0 amide bonds. The molecule has 8 atom stereocenters. The van der Waals surface area contributed by atoms with Crippen LogP contribution in [0.25, 0.3) is 6.08 Å². The Balaban J connectivity index is 1.24. The maximum atomic E-state index is 12.2. The molecule has 1 aliphatic heterocycles. The van der Waals surface area contributed by atoms with E-state index in [-0.39, 0.29) is 17.5 Å². The van der Waals surface area contributed by atoms with Crippen LogP contribution in [0.3, 0.4) is 0 Å². The zero-order chi connectivity index (χ0) is 24.2. The van der Waals surface area contributed by atoms with Crippen molar-refractivity contribution >= 4 is 12.0 Å². The smallest absolute Gasteiger partial charge is 0.303 e. The fraction of sp³-hybridized carbons (Fsp3) is 0.774. The van der Waals surface area contributed by atoms with Gasteiger partial charge in [0.05, 0.1) is 6.26 Å². The van der Waals surface area contributed by atoms with Gasteiger partial charge < -0.3 is 14.1 Å². The highest BCUT2D eigenvalue weighted by Crippen LogP contribution is 2.67. The molecule has 192 valence electrons. The van der Waals surface area contributed by atoms with Crippen LogP contribution in [0.4, 0.5) is 0 Å². The van der Waals surface area contributed by atoms with Crippen molar-refractivity contribution in [2.24, 2.45) is 34.5 Å². The first-order valence-electron chi connectivity index (χ1n) is 14.5. The predicted octanol–water partition coefficient (Wildman–Crippen LogP) is 7.10. The number of ether oxygens (including phenoxy) is 1. The highest BCUT2D eigenvalue weighted by atomic mass is 16.5. The van der Waals surface area contributed by atoms with Crippen LogP contribution in [0.15, 0.2) is 28.4 Å². The fourth-order valence-corrected chi connectivity index (χ4v) is 9.76. The number of likely N-dealkylation sites (tertiary alicyclic amines) is 1. The number of carbonyl (C=O) groups excluding carboxylic acids is 1. The number of hydrogen-bond acceptors (Lipinski definition) is 4. The van der Waals surface area contributed by atoms with Gasteiger partial charge in [0, 0.05) is 18.4 Å². The summed E-state index contributed by atoms with van der Waals surface area (Å²) in [6.45, 7) is 9.33. The minimum atomic E-state index is -0.156. The van der Waals surface area contributed by atoms with E-state index in [1.54, 1.807) is 13.2 Å². The van der Waals surface area contributed by atoms with Crippen molar-refractivity contribution in [3.63, 3.8) is 0 Å². The molecular formula is C31H45NO3. The van der Waals surface area contributed by atoms with Crippen LogP contribution < -0.4 is 0 Å². The predicted molar refractivity (Wildman–Crippen MR) is 139 cm³/mol. The van der Waals surface area contributed by atoms with Gasteiger partial charge in [-0.3, -0.25) is 4.79 Å². The Labute approximate surface area is 211 Å². The molecule has 0 radical (unpaired) electrons. The quantitative estimate of drug-likeness (QED) is 0.434. The van der Waals surface area contributed by atoms with E-state index in [9.17, 15) is 4.79 Å². The molecule has 5 aliphatic rings. The Bertz CT molecular complexity index is 946. The average Bonchev–Trinajstić information content (AvgIpc) is 3.45. The minimum absolute atomic E-state index is 0.0411. The van der Waals surface area contributed by atoms with Gasteiger partial charge in [-0.1, -0.05) is 20.3 Å². The molecule has 4 aliphatic carbocycles. The number of esters is 1. The molecule has 2 heterocycles. The summed E-state index contributed by atoms with van der Waals surface area (Å²) in [4.78, 5) is 15.0. The molecule has 4 saturated carbocycles. The third kappa shape index (κ3) is 4.03. The Kier molecular flexibility index (Phi) is 6.18. The van der Waals surface area contributed by atoms with Gasteiger partial charge in [-0.05, 0) is 130 Å².